The summed E-state index contributed by atoms with van der Waals surface area (Å²) in [5, 5.41) is 0. The van der Waals surface area contributed by atoms with E-state index in [9.17, 15) is 14.4 Å². The molecular weight excluding hydrogens is 521 g/mol. The Balaban J connectivity index is 1.52. The summed E-state index contributed by atoms with van der Waals surface area (Å²) in [6.07, 6.45) is -0.953. The number of rotatable bonds is 5. The fourth-order valence-corrected chi connectivity index (χ4v) is 9.27. The number of hydrogen-bond acceptors (Lipinski definition) is 9. The number of ketones is 2. The van der Waals surface area contributed by atoms with Gasteiger partial charge in [-0.25, -0.2) is 0 Å². The van der Waals surface area contributed by atoms with Gasteiger partial charge in [-0.15, -0.1) is 0 Å². The molecule has 2 N–H and O–H groups in total. The first-order chi connectivity index (χ1) is 16.7. The number of Topliss-reactive ketones (excluding diaryl/α,β-unsaturated/α-hetero) is 2. The second-order valence-electron chi connectivity index (χ2n) is 9.61. The van der Waals surface area contributed by atoms with Crippen LogP contribution in [-0.2, 0) is 28.5 Å². The molecule has 6 rings (SSSR count). The van der Waals surface area contributed by atoms with Crippen molar-refractivity contribution in [2.45, 2.75) is 34.8 Å². The Morgan fingerprint density at radius 3 is 2.51 bits per heavy atom. The molecule has 4 aliphatic heterocycles. The van der Waals surface area contributed by atoms with Crippen molar-refractivity contribution in [3.63, 3.8) is 0 Å². The van der Waals surface area contributed by atoms with Crippen LogP contribution in [0.15, 0.2) is 41.6 Å². The monoisotopic (exact) mass is 549 g/mol. The molecule has 2 unspecified atom stereocenters. The van der Waals surface area contributed by atoms with Gasteiger partial charge in [-0.3, -0.25) is 0 Å². The van der Waals surface area contributed by atoms with Gasteiger partial charge in [-0.05, 0) is 0 Å². The van der Waals surface area contributed by atoms with E-state index in [1.165, 1.54) is 0 Å². The molecule has 0 saturated carbocycles. The quantitative estimate of drug-likeness (QED) is 0.380. The van der Waals surface area contributed by atoms with Gasteiger partial charge in [-0.2, -0.15) is 0 Å². The number of ether oxygens (including phenoxy) is 4. The molecular formula is C24H27N3O7Se. The van der Waals surface area contributed by atoms with Crippen molar-refractivity contribution in [2.75, 3.05) is 40.5 Å². The first kappa shape index (κ1) is 23.1. The van der Waals surface area contributed by atoms with Crippen molar-refractivity contribution in [3.8, 4) is 0 Å². The number of amides is 1. The molecule has 6 atom stereocenters. The second-order valence-corrected chi connectivity index (χ2v) is 12.7. The first-order valence-electron chi connectivity index (χ1n) is 11.6. The Kier molecular flexibility index (Phi) is 5.04. The standard InChI is InChI=1S/C24H27N3O7Se/c1-22(35-13-7-5-4-6-8-13)20(29)17-16(19(28)24(22)33-9-10-34-24)14(12-32-21(25)30)23(31-3)18-15(26(18)2)11-27(17)23/h4-8,14-15,18H,9-12H2,1-3H3,(H2,25,30)/t14-,15+,18+,22?,23-,26?/m1/s1. The van der Waals surface area contributed by atoms with Gasteiger partial charge in [0.25, 0.3) is 0 Å². The zero-order chi connectivity index (χ0) is 24.8. The van der Waals surface area contributed by atoms with E-state index in [1.54, 1.807) is 14.0 Å². The van der Waals surface area contributed by atoms with E-state index in [2.05, 4.69) is 4.90 Å². The van der Waals surface area contributed by atoms with Gasteiger partial charge in [0.2, 0.25) is 0 Å². The van der Waals surface area contributed by atoms with Gasteiger partial charge in [-0.1, -0.05) is 0 Å². The van der Waals surface area contributed by atoms with E-state index in [0.717, 1.165) is 4.46 Å². The van der Waals surface area contributed by atoms with Crippen LogP contribution in [0.1, 0.15) is 6.92 Å². The fraction of sp³-hybridized carbons (Fsp3) is 0.542. The summed E-state index contributed by atoms with van der Waals surface area (Å²) in [4.78, 5) is 44.6. The summed E-state index contributed by atoms with van der Waals surface area (Å²) in [7, 11) is 3.55. The normalized spacial score (nSPS) is 38.5. The molecule has 35 heavy (non-hydrogen) atoms. The van der Waals surface area contributed by atoms with Crippen LogP contribution in [0.4, 0.5) is 4.79 Å². The third-order valence-electron chi connectivity index (χ3n) is 8.12. The topological polar surface area (TPSA) is 120 Å². The summed E-state index contributed by atoms with van der Waals surface area (Å²) in [6.45, 7) is 2.53. The zero-order valence-electron chi connectivity index (χ0n) is 19.7. The Bertz CT molecular complexity index is 1150. The van der Waals surface area contributed by atoms with Gasteiger partial charge in [0.15, 0.2) is 0 Å². The van der Waals surface area contributed by atoms with Crippen molar-refractivity contribution in [3.05, 3.63) is 41.6 Å². The van der Waals surface area contributed by atoms with E-state index < -0.39 is 48.6 Å². The van der Waals surface area contributed by atoms with Crippen LogP contribution in [0.5, 0.6) is 0 Å². The number of hydrogen-bond donors (Lipinski definition) is 1. The van der Waals surface area contributed by atoms with E-state index >= 15 is 0 Å². The van der Waals surface area contributed by atoms with Crippen molar-refractivity contribution in [1.29, 1.82) is 0 Å². The fourth-order valence-electron chi connectivity index (χ4n) is 6.54. The Morgan fingerprint density at radius 2 is 1.89 bits per heavy atom. The summed E-state index contributed by atoms with van der Waals surface area (Å²) < 4.78 is 23.2. The van der Waals surface area contributed by atoms with Crippen molar-refractivity contribution < 1.29 is 33.3 Å². The van der Waals surface area contributed by atoms with Gasteiger partial charge < -0.3 is 0 Å². The Labute approximate surface area is 208 Å². The number of nitrogens with zero attached hydrogens (tertiary/aromatic N) is 2. The molecule has 1 aromatic carbocycles. The van der Waals surface area contributed by atoms with E-state index in [-0.39, 0.29) is 43.3 Å². The van der Waals surface area contributed by atoms with E-state index in [0.29, 0.717) is 12.2 Å². The predicted molar refractivity (Wildman–Crippen MR) is 123 cm³/mol. The number of piperazine rings is 1. The van der Waals surface area contributed by atoms with Crippen LogP contribution >= 0.6 is 0 Å². The Hall–Kier alpha value is -2.27. The third kappa shape index (κ3) is 2.76. The molecule has 0 bridgehead atoms. The predicted octanol–water partition coefficient (Wildman–Crippen LogP) is -0.590. The molecule has 5 aliphatic rings. The number of primary amides is 1. The van der Waals surface area contributed by atoms with Crippen LogP contribution in [0.25, 0.3) is 0 Å². The number of benzene rings is 1. The number of fused-ring (bicyclic) bond motifs is 4. The minimum absolute atomic E-state index is 0.0626. The number of likely N-dealkylation sites (N-methyl/N-ethyl adjacent to an activating group) is 1. The summed E-state index contributed by atoms with van der Waals surface area (Å²) >= 11 is -0.485. The maximum atomic E-state index is 14.5. The summed E-state index contributed by atoms with van der Waals surface area (Å²) in [6, 6.07) is 9.75. The van der Waals surface area contributed by atoms with Gasteiger partial charge in [0, 0.05) is 0 Å². The molecule has 0 radical (unpaired) electrons. The molecule has 4 heterocycles. The molecule has 11 heteroatoms. The molecule has 1 aliphatic carbocycles. The van der Waals surface area contributed by atoms with Crippen LogP contribution < -0.4 is 10.2 Å². The molecule has 186 valence electrons. The number of carbonyl (C=O) groups excluding carboxylic acids is 3. The number of methoxy groups -OCH3 is 1. The van der Waals surface area contributed by atoms with Crippen molar-refractivity contribution >= 4 is 37.1 Å². The molecule has 1 amide bonds. The molecule has 3 saturated heterocycles. The average molecular weight is 548 g/mol. The molecule has 0 aromatic heterocycles. The summed E-state index contributed by atoms with van der Waals surface area (Å²) in [5.41, 5.74) is 4.85. The molecule has 3 fully saturated rings. The molecule has 10 nitrogen and oxygen atoms in total. The van der Waals surface area contributed by atoms with Crippen molar-refractivity contribution in [2.24, 2.45) is 11.7 Å². The zero-order valence-corrected chi connectivity index (χ0v) is 21.4. The van der Waals surface area contributed by atoms with Crippen LogP contribution in [0.2, 0.25) is 4.31 Å². The van der Waals surface area contributed by atoms with Crippen LogP contribution in [0.3, 0.4) is 0 Å². The molecule has 1 aromatic rings. The second kappa shape index (κ2) is 7.61. The summed E-state index contributed by atoms with van der Waals surface area (Å²) in [5.74, 6) is -3.06. The minimum atomic E-state index is -1.74. The average Bonchev–Trinajstić information content (AvgIpc) is 3.23. The Morgan fingerprint density at radius 1 is 1.20 bits per heavy atom. The first-order valence-corrected chi connectivity index (χ1v) is 13.3. The molecule has 1 spiro atoms. The van der Waals surface area contributed by atoms with E-state index in [1.807, 2.05) is 42.3 Å². The van der Waals surface area contributed by atoms with Crippen LogP contribution in [0, 0.1) is 5.92 Å². The SMILES string of the molecule is CO[C@@]12[C@H](COC(N)=O)C3=C(C(=O)C(C)([Se]c4ccccc4)C4(OCCO4)C3=O)N1C[C@H]1[C@@H]2N1C. The van der Waals surface area contributed by atoms with E-state index in [4.69, 9.17) is 24.7 Å². The van der Waals surface area contributed by atoms with Gasteiger partial charge in [0.1, 0.15) is 0 Å². The number of carbonyl (C=O) groups is 3. The van der Waals surface area contributed by atoms with Crippen LogP contribution in [-0.4, -0.2) is 107 Å². The van der Waals surface area contributed by atoms with Gasteiger partial charge >= 0.3 is 209 Å². The van der Waals surface area contributed by atoms with Crippen molar-refractivity contribution in [1.82, 2.24) is 9.80 Å². The third-order valence-corrected chi connectivity index (χ3v) is 11.0. The number of allylic oxidation sites excluding steroid dienone is 1. The van der Waals surface area contributed by atoms with Gasteiger partial charge in [0.05, 0.1) is 0 Å². The number of nitrogens with two attached hydrogens (primary N) is 1. The maximum absolute atomic E-state index is 14.5.